The van der Waals surface area contributed by atoms with Crippen molar-refractivity contribution in [3.63, 3.8) is 0 Å². The molecule has 1 amide bonds. The molecule has 3 rings (SSSR count). The van der Waals surface area contributed by atoms with E-state index in [1.165, 1.54) is 0 Å². The summed E-state index contributed by atoms with van der Waals surface area (Å²) in [5, 5.41) is 0. The van der Waals surface area contributed by atoms with Crippen LogP contribution in [0.25, 0.3) is 0 Å². The van der Waals surface area contributed by atoms with E-state index in [9.17, 15) is 9.18 Å². The summed E-state index contributed by atoms with van der Waals surface area (Å²) in [6.45, 7) is 7.19. The predicted molar refractivity (Wildman–Crippen MR) is 104 cm³/mol. The monoisotopic (exact) mass is 377 g/mol. The van der Waals surface area contributed by atoms with E-state index in [0.29, 0.717) is 31.7 Å². The highest BCUT2D eigenvalue weighted by atomic mass is 19.1. The summed E-state index contributed by atoms with van der Waals surface area (Å²) in [7, 11) is 3.83. The Morgan fingerprint density at radius 2 is 2.04 bits per heavy atom. The molecule has 27 heavy (non-hydrogen) atoms. The van der Waals surface area contributed by atoms with Gasteiger partial charge in [0.15, 0.2) is 0 Å². The number of methoxy groups -OCH3 is 1. The maximum atomic E-state index is 14.5. The maximum Gasteiger partial charge on any atom is 0.222 e. The fraction of sp³-hybridized carbons (Fsp3) is 0.667. The molecule has 1 aromatic rings. The van der Waals surface area contributed by atoms with Gasteiger partial charge in [0.25, 0.3) is 0 Å². The summed E-state index contributed by atoms with van der Waals surface area (Å²) >= 11 is 0. The van der Waals surface area contributed by atoms with Crippen molar-refractivity contribution in [1.82, 2.24) is 14.7 Å². The summed E-state index contributed by atoms with van der Waals surface area (Å²) in [4.78, 5) is 19.2. The number of aryl methyl sites for hydroxylation is 1. The first-order valence-corrected chi connectivity index (χ1v) is 9.89. The van der Waals surface area contributed by atoms with Crippen LogP contribution in [0.5, 0.6) is 0 Å². The third kappa shape index (κ3) is 4.50. The molecule has 2 aliphatic rings. The van der Waals surface area contributed by atoms with Gasteiger partial charge in [0.2, 0.25) is 5.91 Å². The van der Waals surface area contributed by atoms with E-state index in [-0.39, 0.29) is 17.3 Å². The lowest BCUT2D eigenvalue weighted by atomic mass is 9.86. The molecule has 2 heterocycles. The van der Waals surface area contributed by atoms with E-state index < -0.39 is 0 Å². The lowest BCUT2D eigenvalue weighted by molar-refractivity contribution is -0.131. The second kappa shape index (κ2) is 8.67. The highest BCUT2D eigenvalue weighted by Gasteiger charge is 2.42. The molecule has 0 radical (unpaired) electrons. The molecular formula is C21H32FN3O2. The van der Waals surface area contributed by atoms with Gasteiger partial charge in [0.1, 0.15) is 5.82 Å². The standard InChI is InChI=1S/C21H32FN3O2/c1-17-5-4-6-18(20(17)22)15-24-12-11-23(2)21(16-24)8-7-19(26)25(10-9-21)13-14-27-3/h4-6H,7-16H2,1-3H3. The average molecular weight is 378 g/mol. The van der Waals surface area contributed by atoms with Crippen molar-refractivity contribution in [2.75, 3.05) is 53.5 Å². The molecule has 1 atom stereocenters. The van der Waals surface area contributed by atoms with Gasteiger partial charge in [-0.05, 0) is 32.4 Å². The Hall–Kier alpha value is -1.50. The van der Waals surface area contributed by atoms with Crippen LogP contribution in [-0.4, -0.2) is 79.6 Å². The zero-order valence-corrected chi connectivity index (χ0v) is 16.8. The molecule has 0 bridgehead atoms. The van der Waals surface area contributed by atoms with E-state index in [4.69, 9.17) is 4.74 Å². The van der Waals surface area contributed by atoms with Crippen LogP contribution in [0, 0.1) is 12.7 Å². The zero-order valence-electron chi connectivity index (χ0n) is 16.8. The molecular weight excluding hydrogens is 345 g/mol. The van der Waals surface area contributed by atoms with E-state index in [0.717, 1.165) is 44.6 Å². The average Bonchev–Trinajstić information content (AvgIpc) is 2.81. The van der Waals surface area contributed by atoms with Crippen LogP contribution >= 0.6 is 0 Å². The van der Waals surface area contributed by atoms with E-state index >= 15 is 0 Å². The number of likely N-dealkylation sites (N-methyl/N-ethyl adjacent to an activating group) is 1. The first-order valence-electron chi connectivity index (χ1n) is 9.89. The van der Waals surface area contributed by atoms with Crippen molar-refractivity contribution < 1.29 is 13.9 Å². The highest BCUT2D eigenvalue weighted by molar-refractivity contribution is 5.76. The third-order valence-corrected chi connectivity index (χ3v) is 6.31. The summed E-state index contributed by atoms with van der Waals surface area (Å²) in [6.07, 6.45) is 2.38. The largest absolute Gasteiger partial charge is 0.383 e. The molecule has 2 aliphatic heterocycles. The van der Waals surface area contributed by atoms with Crippen LogP contribution in [0.4, 0.5) is 4.39 Å². The number of carbonyl (C=O) groups excluding carboxylic acids is 1. The van der Waals surface area contributed by atoms with Crippen LogP contribution in [0.2, 0.25) is 0 Å². The molecule has 2 fully saturated rings. The fourth-order valence-electron chi connectivity index (χ4n) is 4.42. The van der Waals surface area contributed by atoms with Crippen molar-refractivity contribution in [3.05, 3.63) is 35.1 Å². The van der Waals surface area contributed by atoms with Crippen LogP contribution in [0.15, 0.2) is 18.2 Å². The normalized spacial score (nSPS) is 25.2. The molecule has 1 aromatic carbocycles. The Bertz CT molecular complexity index is 669. The molecule has 5 nitrogen and oxygen atoms in total. The number of hydrogen-bond acceptors (Lipinski definition) is 4. The summed E-state index contributed by atoms with van der Waals surface area (Å²) < 4.78 is 19.6. The molecule has 0 aliphatic carbocycles. The fourth-order valence-corrected chi connectivity index (χ4v) is 4.42. The van der Waals surface area contributed by atoms with Gasteiger partial charge in [-0.15, -0.1) is 0 Å². The van der Waals surface area contributed by atoms with Gasteiger partial charge in [-0.1, -0.05) is 18.2 Å². The van der Waals surface area contributed by atoms with Gasteiger partial charge in [-0.3, -0.25) is 14.6 Å². The summed E-state index contributed by atoms with van der Waals surface area (Å²) in [6, 6.07) is 5.63. The minimum atomic E-state index is -0.0905. The maximum absolute atomic E-state index is 14.5. The number of carbonyl (C=O) groups is 1. The number of benzene rings is 1. The van der Waals surface area contributed by atoms with E-state index in [2.05, 4.69) is 16.8 Å². The first kappa shape index (κ1) is 20.2. The molecule has 1 unspecified atom stereocenters. The number of piperazine rings is 1. The van der Waals surface area contributed by atoms with Crippen LogP contribution in [0.1, 0.15) is 30.4 Å². The second-order valence-corrected chi connectivity index (χ2v) is 8.03. The van der Waals surface area contributed by atoms with E-state index in [1.54, 1.807) is 7.11 Å². The minimum absolute atomic E-state index is 0.0178. The van der Waals surface area contributed by atoms with E-state index in [1.807, 2.05) is 30.0 Å². The Morgan fingerprint density at radius 1 is 1.22 bits per heavy atom. The lowest BCUT2D eigenvalue weighted by Gasteiger charge is -2.49. The van der Waals surface area contributed by atoms with Crippen molar-refractivity contribution >= 4 is 5.91 Å². The van der Waals surface area contributed by atoms with Gasteiger partial charge < -0.3 is 9.64 Å². The third-order valence-electron chi connectivity index (χ3n) is 6.31. The van der Waals surface area contributed by atoms with Crippen LogP contribution < -0.4 is 0 Å². The molecule has 0 N–H and O–H groups in total. The Kier molecular flexibility index (Phi) is 6.50. The second-order valence-electron chi connectivity index (χ2n) is 8.03. The zero-order chi connectivity index (χ0) is 19.4. The van der Waals surface area contributed by atoms with Gasteiger partial charge in [0.05, 0.1) is 6.61 Å². The highest BCUT2D eigenvalue weighted by Crippen LogP contribution is 2.33. The molecule has 6 heteroatoms. The van der Waals surface area contributed by atoms with Crippen molar-refractivity contribution in [1.29, 1.82) is 0 Å². The smallest absolute Gasteiger partial charge is 0.222 e. The molecule has 0 saturated carbocycles. The predicted octanol–water partition coefficient (Wildman–Crippen LogP) is 2.28. The number of hydrogen-bond donors (Lipinski definition) is 0. The van der Waals surface area contributed by atoms with Crippen LogP contribution in [-0.2, 0) is 16.1 Å². The number of ether oxygens (including phenoxy) is 1. The van der Waals surface area contributed by atoms with Gasteiger partial charge in [-0.25, -0.2) is 4.39 Å². The first-order chi connectivity index (χ1) is 12.9. The quantitative estimate of drug-likeness (QED) is 0.789. The number of amides is 1. The number of likely N-dealkylation sites (tertiary alicyclic amines) is 1. The molecule has 0 aromatic heterocycles. The molecule has 150 valence electrons. The van der Waals surface area contributed by atoms with Gasteiger partial charge in [0, 0.05) is 63.9 Å². The van der Waals surface area contributed by atoms with Gasteiger partial charge >= 0.3 is 0 Å². The molecule has 1 spiro atoms. The topological polar surface area (TPSA) is 36.0 Å². The number of halogens is 1. The number of nitrogens with zero attached hydrogens (tertiary/aromatic N) is 3. The summed E-state index contributed by atoms with van der Waals surface area (Å²) in [5.74, 6) is 0.131. The number of rotatable bonds is 5. The Labute approximate surface area is 162 Å². The lowest BCUT2D eigenvalue weighted by Crippen LogP contribution is -2.60. The summed E-state index contributed by atoms with van der Waals surface area (Å²) in [5.41, 5.74) is 1.45. The van der Waals surface area contributed by atoms with Crippen LogP contribution in [0.3, 0.4) is 0 Å². The van der Waals surface area contributed by atoms with Crippen molar-refractivity contribution in [2.24, 2.45) is 0 Å². The van der Waals surface area contributed by atoms with Gasteiger partial charge in [-0.2, -0.15) is 0 Å². The van der Waals surface area contributed by atoms with Crippen molar-refractivity contribution in [3.8, 4) is 0 Å². The van der Waals surface area contributed by atoms with Crippen molar-refractivity contribution in [2.45, 2.75) is 38.3 Å². The SMILES string of the molecule is COCCN1CCC2(CCC1=O)CN(Cc1cccc(C)c1F)CCN2C. The Balaban J connectivity index is 1.71. The minimum Gasteiger partial charge on any atom is -0.383 e. The molecule has 2 saturated heterocycles. The Morgan fingerprint density at radius 3 is 2.81 bits per heavy atom.